The molecular formula is C21H23N3O3. The Balaban J connectivity index is 1.45. The Kier molecular flexibility index (Phi) is 4.81. The van der Waals surface area contributed by atoms with E-state index in [2.05, 4.69) is 21.9 Å². The van der Waals surface area contributed by atoms with E-state index < -0.39 is 0 Å². The fourth-order valence-corrected chi connectivity index (χ4v) is 3.85. The van der Waals surface area contributed by atoms with E-state index in [1.165, 1.54) is 10.6 Å². The fourth-order valence-electron chi connectivity index (χ4n) is 3.85. The van der Waals surface area contributed by atoms with Crippen molar-refractivity contribution in [3.8, 4) is 5.75 Å². The largest absolute Gasteiger partial charge is 0.497 e. The third-order valence-electron chi connectivity index (χ3n) is 5.31. The maximum Gasteiger partial charge on any atom is 0.251 e. The van der Waals surface area contributed by atoms with Crippen molar-refractivity contribution in [3.05, 3.63) is 54.6 Å². The van der Waals surface area contributed by atoms with Crippen LogP contribution in [0.3, 0.4) is 0 Å². The average molecular weight is 365 g/mol. The minimum absolute atomic E-state index is 0.138. The second-order valence-corrected chi connectivity index (χ2v) is 6.85. The van der Waals surface area contributed by atoms with E-state index in [-0.39, 0.29) is 24.3 Å². The summed E-state index contributed by atoms with van der Waals surface area (Å²) in [7, 11) is 1.57. The minimum atomic E-state index is -0.373. The van der Waals surface area contributed by atoms with Gasteiger partial charge in [0.1, 0.15) is 5.75 Å². The predicted molar refractivity (Wildman–Crippen MR) is 104 cm³/mol. The van der Waals surface area contributed by atoms with Gasteiger partial charge in [-0.05, 0) is 24.3 Å². The first kappa shape index (κ1) is 17.5. The van der Waals surface area contributed by atoms with Crippen LogP contribution >= 0.6 is 0 Å². The Morgan fingerprint density at radius 1 is 0.889 bits per heavy atom. The summed E-state index contributed by atoms with van der Waals surface area (Å²) in [5.74, 6) is 0.346. The lowest BCUT2D eigenvalue weighted by atomic mass is 10.1. The molecule has 2 aliphatic rings. The molecule has 0 aliphatic carbocycles. The number of hydrogen-bond acceptors (Lipinski definition) is 5. The normalized spacial score (nSPS) is 21.0. The molecule has 2 fully saturated rings. The molecule has 2 amide bonds. The molecule has 0 bridgehead atoms. The van der Waals surface area contributed by atoms with Gasteiger partial charge in [-0.1, -0.05) is 24.3 Å². The summed E-state index contributed by atoms with van der Waals surface area (Å²) in [5.41, 5.74) is 1.78. The van der Waals surface area contributed by atoms with Gasteiger partial charge in [0, 0.05) is 37.9 Å². The van der Waals surface area contributed by atoms with Crippen molar-refractivity contribution in [3.63, 3.8) is 0 Å². The Bertz CT molecular complexity index is 832. The maximum absolute atomic E-state index is 13.0. The van der Waals surface area contributed by atoms with Crippen molar-refractivity contribution in [2.75, 3.05) is 43.1 Å². The van der Waals surface area contributed by atoms with Gasteiger partial charge < -0.3 is 9.64 Å². The number of rotatable bonds is 4. The Morgan fingerprint density at radius 2 is 1.59 bits per heavy atom. The number of hydrogen-bond donors (Lipinski definition) is 0. The van der Waals surface area contributed by atoms with Gasteiger partial charge in [-0.3, -0.25) is 14.5 Å². The van der Waals surface area contributed by atoms with E-state index in [4.69, 9.17) is 4.74 Å². The molecule has 0 saturated carbocycles. The van der Waals surface area contributed by atoms with Gasteiger partial charge in [0.2, 0.25) is 5.91 Å². The van der Waals surface area contributed by atoms with Gasteiger partial charge in [-0.25, -0.2) is 4.90 Å². The molecule has 27 heavy (non-hydrogen) atoms. The van der Waals surface area contributed by atoms with Crippen LogP contribution in [0.15, 0.2) is 54.6 Å². The molecule has 1 atom stereocenters. The second kappa shape index (κ2) is 7.40. The van der Waals surface area contributed by atoms with E-state index in [0.29, 0.717) is 11.4 Å². The third kappa shape index (κ3) is 3.40. The van der Waals surface area contributed by atoms with Crippen LogP contribution < -0.4 is 14.5 Å². The molecule has 6 nitrogen and oxygen atoms in total. The summed E-state index contributed by atoms with van der Waals surface area (Å²) >= 11 is 0. The van der Waals surface area contributed by atoms with Gasteiger partial charge in [0.15, 0.2) is 0 Å². The highest BCUT2D eigenvalue weighted by atomic mass is 16.5. The molecule has 0 unspecified atom stereocenters. The second-order valence-electron chi connectivity index (χ2n) is 6.85. The molecule has 140 valence electrons. The molecule has 2 aliphatic heterocycles. The molecular weight excluding hydrogens is 342 g/mol. The lowest BCUT2D eigenvalue weighted by molar-refractivity contribution is -0.123. The number of methoxy groups -OCH3 is 1. The number of nitrogens with zero attached hydrogens (tertiary/aromatic N) is 3. The summed E-state index contributed by atoms with van der Waals surface area (Å²) in [6.45, 7) is 3.23. The Labute approximate surface area is 158 Å². The van der Waals surface area contributed by atoms with E-state index in [9.17, 15) is 9.59 Å². The van der Waals surface area contributed by atoms with Crippen LogP contribution in [0.2, 0.25) is 0 Å². The summed E-state index contributed by atoms with van der Waals surface area (Å²) in [5, 5.41) is 0. The van der Waals surface area contributed by atoms with Crippen LogP contribution in [0.5, 0.6) is 5.75 Å². The molecule has 0 spiro atoms. The number of carbonyl (C=O) groups excluding carboxylic acids is 2. The summed E-state index contributed by atoms with van der Waals surface area (Å²) in [4.78, 5) is 31.3. The molecule has 0 N–H and O–H groups in total. The first-order valence-corrected chi connectivity index (χ1v) is 9.22. The van der Waals surface area contributed by atoms with E-state index in [1.807, 2.05) is 18.2 Å². The molecule has 6 heteroatoms. The van der Waals surface area contributed by atoms with Crippen LogP contribution in [0.4, 0.5) is 11.4 Å². The lowest BCUT2D eigenvalue weighted by Crippen LogP contribution is -2.52. The van der Waals surface area contributed by atoms with E-state index in [0.717, 1.165) is 26.2 Å². The molecule has 2 saturated heterocycles. The van der Waals surface area contributed by atoms with Gasteiger partial charge >= 0.3 is 0 Å². The summed E-state index contributed by atoms with van der Waals surface area (Å²) < 4.78 is 5.22. The predicted octanol–water partition coefficient (Wildman–Crippen LogP) is 2.15. The number of imide groups is 1. The van der Waals surface area contributed by atoms with Crippen molar-refractivity contribution in [2.24, 2.45) is 0 Å². The van der Waals surface area contributed by atoms with Gasteiger partial charge in [0.05, 0.1) is 25.3 Å². The zero-order chi connectivity index (χ0) is 18.8. The van der Waals surface area contributed by atoms with Crippen LogP contribution in [0.1, 0.15) is 6.42 Å². The van der Waals surface area contributed by atoms with Crippen LogP contribution in [-0.4, -0.2) is 56.0 Å². The van der Waals surface area contributed by atoms with E-state index in [1.54, 1.807) is 31.4 Å². The molecule has 0 aromatic heterocycles. The third-order valence-corrected chi connectivity index (χ3v) is 5.31. The average Bonchev–Trinajstić information content (AvgIpc) is 3.03. The first-order chi connectivity index (χ1) is 13.2. The zero-order valence-electron chi connectivity index (χ0n) is 15.4. The van der Waals surface area contributed by atoms with Crippen molar-refractivity contribution >= 4 is 23.2 Å². The number of benzene rings is 2. The highest BCUT2D eigenvalue weighted by Crippen LogP contribution is 2.29. The number of para-hydroxylation sites is 1. The number of anilines is 2. The van der Waals surface area contributed by atoms with Gasteiger partial charge in [-0.2, -0.15) is 0 Å². The van der Waals surface area contributed by atoms with Crippen LogP contribution in [0.25, 0.3) is 0 Å². The molecule has 2 heterocycles. The number of ether oxygens (including phenoxy) is 1. The molecule has 2 aromatic rings. The zero-order valence-corrected chi connectivity index (χ0v) is 15.4. The molecule has 4 rings (SSSR count). The van der Waals surface area contributed by atoms with E-state index >= 15 is 0 Å². The quantitative estimate of drug-likeness (QED) is 0.777. The lowest BCUT2D eigenvalue weighted by Gasteiger charge is -2.38. The topological polar surface area (TPSA) is 53.1 Å². The minimum Gasteiger partial charge on any atom is -0.497 e. The first-order valence-electron chi connectivity index (χ1n) is 9.22. The van der Waals surface area contributed by atoms with Crippen LogP contribution in [0, 0.1) is 0 Å². The Morgan fingerprint density at radius 3 is 2.30 bits per heavy atom. The number of carbonyl (C=O) groups is 2. The number of amides is 2. The molecule has 0 radical (unpaired) electrons. The summed E-state index contributed by atoms with van der Waals surface area (Å²) in [6, 6.07) is 17.0. The maximum atomic E-state index is 13.0. The van der Waals surface area contributed by atoms with Gasteiger partial charge in [-0.15, -0.1) is 0 Å². The van der Waals surface area contributed by atoms with Crippen molar-refractivity contribution in [1.29, 1.82) is 0 Å². The smallest absolute Gasteiger partial charge is 0.251 e. The number of piperazine rings is 1. The highest BCUT2D eigenvalue weighted by molar-refractivity contribution is 6.22. The van der Waals surface area contributed by atoms with Crippen molar-refractivity contribution < 1.29 is 14.3 Å². The highest BCUT2D eigenvalue weighted by Gasteiger charge is 2.43. The monoisotopic (exact) mass is 365 g/mol. The Hall–Kier alpha value is -2.86. The van der Waals surface area contributed by atoms with Gasteiger partial charge in [0.25, 0.3) is 5.91 Å². The van der Waals surface area contributed by atoms with Crippen LogP contribution in [-0.2, 0) is 9.59 Å². The molecule has 2 aromatic carbocycles. The summed E-state index contributed by atoms with van der Waals surface area (Å²) in [6.07, 6.45) is 0.237. The van der Waals surface area contributed by atoms with Crippen molar-refractivity contribution in [2.45, 2.75) is 12.5 Å². The standard InChI is InChI=1S/C21H23N3O3/c1-27-18-9-5-8-17(14-18)24-20(25)15-19(21(24)26)23-12-10-22(11-13-23)16-6-3-2-4-7-16/h2-9,14,19H,10-13,15H2,1H3/t19-/m0/s1. The van der Waals surface area contributed by atoms with Crippen molar-refractivity contribution in [1.82, 2.24) is 4.90 Å². The SMILES string of the molecule is COc1cccc(N2C(=O)C[C@H](N3CCN(c4ccccc4)CC3)C2=O)c1. The fraction of sp³-hybridized carbons (Fsp3) is 0.333.